The molecule has 0 radical (unpaired) electrons. The molecule has 0 rings (SSSR count). The van der Waals surface area contributed by atoms with E-state index in [4.69, 9.17) is 5.73 Å². The maximum absolute atomic E-state index is 11.7. The van der Waals surface area contributed by atoms with E-state index in [1.807, 2.05) is 27.7 Å². The Morgan fingerprint density at radius 2 is 1.71 bits per heavy atom. The van der Waals surface area contributed by atoms with Crippen molar-refractivity contribution in [2.24, 2.45) is 5.73 Å². The second-order valence-corrected chi connectivity index (χ2v) is 5.65. The van der Waals surface area contributed by atoms with Crippen LogP contribution in [0.2, 0.25) is 0 Å². The van der Waals surface area contributed by atoms with E-state index in [1.54, 1.807) is 6.92 Å². The summed E-state index contributed by atoms with van der Waals surface area (Å²) in [5.74, 6) is -0.499. The molecule has 0 aliphatic heterocycles. The van der Waals surface area contributed by atoms with Gasteiger partial charge in [0, 0.05) is 5.54 Å². The number of rotatable bonds is 5. The van der Waals surface area contributed by atoms with Gasteiger partial charge in [0.25, 0.3) is 0 Å². The van der Waals surface area contributed by atoms with Crippen LogP contribution in [0.3, 0.4) is 0 Å². The summed E-state index contributed by atoms with van der Waals surface area (Å²) < 4.78 is 0. The van der Waals surface area contributed by atoms with Crippen molar-refractivity contribution < 1.29 is 9.59 Å². The first kappa shape index (κ1) is 15.9. The lowest BCUT2D eigenvalue weighted by atomic mass is 9.96. The predicted molar refractivity (Wildman–Crippen MR) is 68.4 cm³/mol. The molecule has 0 aliphatic rings. The molecule has 0 aromatic rings. The van der Waals surface area contributed by atoms with Gasteiger partial charge in [-0.05, 0) is 34.1 Å². The minimum absolute atomic E-state index is 0.0351. The van der Waals surface area contributed by atoms with E-state index >= 15 is 0 Å². The lowest BCUT2D eigenvalue weighted by molar-refractivity contribution is -0.129. The molecule has 0 aliphatic carbocycles. The average molecular weight is 243 g/mol. The lowest BCUT2D eigenvalue weighted by Crippen LogP contribution is -2.54. The third-order valence-electron chi connectivity index (χ3n) is 2.21. The molecule has 0 saturated carbocycles. The molecule has 100 valence electrons. The largest absolute Gasteiger partial charge is 0.350 e. The third-order valence-corrected chi connectivity index (χ3v) is 2.21. The average Bonchev–Trinajstić information content (AvgIpc) is 2.11. The van der Waals surface area contributed by atoms with Gasteiger partial charge in [-0.3, -0.25) is 9.59 Å². The van der Waals surface area contributed by atoms with Crippen LogP contribution in [-0.4, -0.2) is 29.4 Å². The highest BCUT2D eigenvalue weighted by molar-refractivity contribution is 5.89. The smallest absolute Gasteiger partial charge is 0.240 e. The number of carbonyl (C=O) groups excluding carboxylic acids is 2. The Kier molecular flexibility index (Phi) is 5.61. The molecule has 0 aromatic carbocycles. The fourth-order valence-corrected chi connectivity index (χ4v) is 1.46. The molecule has 0 heterocycles. The molecule has 1 unspecified atom stereocenters. The molecule has 0 saturated heterocycles. The van der Waals surface area contributed by atoms with Crippen molar-refractivity contribution in [1.82, 2.24) is 10.6 Å². The summed E-state index contributed by atoms with van der Waals surface area (Å²) in [4.78, 5) is 23.2. The Morgan fingerprint density at radius 1 is 1.18 bits per heavy atom. The molecule has 0 aromatic heterocycles. The molecular formula is C12H25N3O2. The van der Waals surface area contributed by atoms with E-state index in [2.05, 4.69) is 10.6 Å². The molecule has 5 nitrogen and oxygen atoms in total. The van der Waals surface area contributed by atoms with Crippen molar-refractivity contribution >= 4 is 11.8 Å². The molecule has 0 spiro atoms. The van der Waals surface area contributed by atoms with E-state index in [0.717, 1.165) is 6.42 Å². The Hall–Kier alpha value is -1.10. The highest BCUT2D eigenvalue weighted by Gasteiger charge is 2.27. The van der Waals surface area contributed by atoms with Crippen LogP contribution >= 0.6 is 0 Å². The number of hydrogen-bond donors (Lipinski definition) is 3. The zero-order valence-corrected chi connectivity index (χ0v) is 11.5. The van der Waals surface area contributed by atoms with Crippen molar-refractivity contribution in [3.8, 4) is 0 Å². The summed E-state index contributed by atoms with van der Waals surface area (Å²) in [5, 5.41) is 5.32. The van der Waals surface area contributed by atoms with Crippen LogP contribution in [0.15, 0.2) is 0 Å². The Morgan fingerprint density at radius 3 is 2.12 bits per heavy atom. The molecule has 1 atom stereocenters. The summed E-state index contributed by atoms with van der Waals surface area (Å²) in [6, 6.07) is 0. The van der Waals surface area contributed by atoms with Gasteiger partial charge in [0.05, 0.1) is 12.1 Å². The van der Waals surface area contributed by atoms with Gasteiger partial charge in [-0.25, -0.2) is 0 Å². The van der Waals surface area contributed by atoms with Crippen LogP contribution in [0.4, 0.5) is 0 Å². The standard InChI is InChI=1S/C12H25N3O2/c1-6-7-12(5,13)10(17)14-8-9(16)15-11(2,3)4/h6-8,13H2,1-5H3,(H,14,17)(H,15,16). The SMILES string of the molecule is CCCC(C)(N)C(=O)NCC(=O)NC(C)(C)C. The fourth-order valence-electron chi connectivity index (χ4n) is 1.46. The molecule has 2 amide bonds. The number of amides is 2. The van der Waals surface area contributed by atoms with E-state index in [1.165, 1.54) is 0 Å². The first-order valence-corrected chi connectivity index (χ1v) is 5.96. The summed E-state index contributed by atoms with van der Waals surface area (Å²) in [6.07, 6.45) is 1.42. The summed E-state index contributed by atoms with van der Waals surface area (Å²) >= 11 is 0. The van der Waals surface area contributed by atoms with E-state index < -0.39 is 5.54 Å². The first-order chi connectivity index (χ1) is 7.58. The van der Waals surface area contributed by atoms with E-state index in [0.29, 0.717) is 6.42 Å². The second kappa shape index (κ2) is 6.00. The Labute approximate surface area is 104 Å². The molecule has 4 N–H and O–H groups in total. The Balaban J connectivity index is 4.13. The van der Waals surface area contributed by atoms with Crippen molar-refractivity contribution in [3.05, 3.63) is 0 Å². The molecule has 0 bridgehead atoms. The zero-order valence-electron chi connectivity index (χ0n) is 11.5. The molecule has 5 heteroatoms. The van der Waals surface area contributed by atoms with Crippen LogP contribution in [0, 0.1) is 0 Å². The van der Waals surface area contributed by atoms with Crippen LogP contribution in [0.25, 0.3) is 0 Å². The van der Waals surface area contributed by atoms with Crippen LogP contribution in [-0.2, 0) is 9.59 Å². The third kappa shape index (κ3) is 6.94. The molecule has 17 heavy (non-hydrogen) atoms. The maximum Gasteiger partial charge on any atom is 0.240 e. The highest BCUT2D eigenvalue weighted by Crippen LogP contribution is 2.08. The lowest BCUT2D eigenvalue weighted by Gasteiger charge is -2.24. The minimum atomic E-state index is -0.906. The van der Waals surface area contributed by atoms with Gasteiger partial charge in [-0.15, -0.1) is 0 Å². The minimum Gasteiger partial charge on any atom is -0.350 e. The first-order valence-electron chi connectivity index (χ1n) is 5.96. The number of hydrogen-bond acceptors (Lipinski definition) is 3. The van der Waals surface area contributed by atoms with Crippen LogP contribution in [0.5, 0.6) is 0 Å². The maximum atomic E-state index is 11.7. The van der Waals surface area contributed by atoms with Crippen LogP contribution in [0.1, 0.15) is 47.5 Å². The van der Waals surface area contributed by atoms with Gasteiger partial charge in [0.15, 0.2) is 0 Å². The summed E-state index contributed by atoms with van der Waals surface area (Å²) in [6.45, 7) is 9.26. The van der Waals surface area contributed by atoms with Crippen molar-refractivity contribution in [2.75, 3.05) is 6.54 Å². The van der Waals surface area contributed by atoms with Gasteiger partial charge >= 0.3 is 0 Å². The van der Waals surface area contributed by atoms with Crippen molar-refractivity contribution in [3.63, 3.8) is 0 Å². The van der Waals surface area contributed by atoms with Gasteiger partial charge < -0.3 is 16.4 Å². The number of nitrogens with two attached hydrogens (primary N) is 1. The molecular weight excluding hydrogens is 218 g/mol. The van der Waals surface area contributed by atoms with Gasteiger partial charge in [-0.1, -0.05) is 13.3 Å². The second-order valence-electron chi connectivity index (χ2n) is 5.65. The quantitative estimate of drug-likeness (QED) is 0.658. The van der Waals surface area contributed by atoms with E-state index in [9.17, 15) is 9.59 Å². The zero-order chi connectivity index (χ0) is 13.7. The van der Waals surface area contributed by atoms with E-state index in [-0.39, 0.29) is 23.9 Å². The van der Waals surface area contributed by atoms with Crippen molar-refractivity contribution in [1.29, 1.82) is 0 Å². The van der Waals surface area contributed by atoms with Crippen LogP contribution < -0.4 is 16.4 Å². The molecule has 0 fully saturated rings. The van der Waals surface area contributed by atoms with Gasteiger partial charge in [0.2, 0.25) is 11.8 Å². The highest BCUT2D eigenvalue weighted by atomic mass is 16.2. The number of nitrogens with one attached hydrogen (secondary N) is 2. The monoisotopic (exact) mass is 243 g/mol. The van der Waals surface area contributed by atoms with Gasteiger partial charge in [0.1, 0.15) is 0 Å². The summed E-state index contributed by atoms with van der Waals surface area (Å²) in [7, 11) is 0. The fraction of sp³-hybridized carbons (Fsp3) is 0.833. The summed E-state index contributed by atoms with van der Waals surface area (Å²) in [5.41, 5.74) is 4.64. The normalized spacial score (nSPS) is 14.9. The number of carbonyl (C=O) groups is 2. The van der Waals surface area contributed by atoms with Gasteiger partial charge in [-0.2, -0.15) is 0 Å². The van der Waals surface area contributed by atoms with Crippen molar-refractivity contribution in [2.45, 2.75) is 58.5 Å². The topological polar surface area (TPSA) is 84.2 Å². The Bertz CT molecular complexity index is 280. The predicted octanol–water partition coefficient (Wildman–Crippen LogP) is 0.535.